The highest BCUT2D eigenvalue weighted by atomic mass is 16.3. The Morgan fingerprint density at radius 1 is 1.29 bits per heavy atom. The lowest BCUT2D eigenvalue weighted by Gasteiger charge is -2.16. The molecular formula is C14H18N2O. The van der Waals surface area contributed by atoms with Crippen LogP contribution in [0.5, 0.6) is 0 Å². The number of imidazole rings is 1. The molecule has 3 nitrogen and oxygen atoms in total. The Labute approximate surface area is 102 Å². The van der Waals surface area contributed by atoms with E-state index in [1.807, 2.05) is 37.6 Å². The van der Waals surface area contributed by atoms with Crippen molar-refractivity contribution in [2.24, 2.45) is 0 Å². The minimum atomic E-state index is -0.484. The number of aliphatic hydroxyl groups excluding tert-OH is 1. The molecule has 0 aliphatic heterocycles. The summed E-state index contributed by atoms with van der Waals surface area (Å²) in [5.74, 6) is 0.925. The number of hydrogen-bond acceptors (Lipinski definition) is 2. The largest absolute Gasteiger partial charge is 0.387 e. The summed E-state index contributed by atoms with van der Waals surface area (Å²) in [6.45, 7) is 6.56. The van der Waals surface area contributed by atoms with Gasteiger partial charge < -0.3 is 9.67 Å². The quantitative estimate of drug-likeness (QED) is 0.880. The molecule has 1 N–H and O–H groups in total. The number of nitrogens with zero attached hydrogens (tertiary/aromatic N) is 2. The molecule has 1 unspecified atom stereocenters. The van der Waals surface area contributed by atoms with E-state index in [0.717, 1.165) is 17.0 Å². The highest BCUT2D eigenvalue weighted by Crippen LogP contribution is 2.21. The van der Waals surface area contributed by atoms with Gasteiger partial charge in [-0.1, -0.05) is 23.8 Å². The maximum absolute atomic E-state index is 10.3. The lowest BCUT2D eigenvalue weighted by Crippen LogP contribution is -2.10. The summed E-state index contributed by atoms with van der Waals surface area (Å²) in [6.07, 6.45) is 3.16. The van der Waals surface area contributed by atoms with Crippen LogP contribution in [0.25, 0.3) is 0 Å². The number of aromatic nitrogens is 2. The van der Waals surface area contributed by atoms with Gasteiger partial charge >= 0.3 is 0 Å². The van der Waals surface area contributed by atoms with Gasteiger partial charge in [-0.25, -0.2) is 4.98 Å². The molecule has 17 heavy (non-hydrogen) atoms. The zero-order valence-corrected chi connectivity index (χ0v) is 10.5. The first-order valence-corrected chi connectivity index (χ1v) is 5.81. The van der Waals surface area contributed by atoms with Gasteiger partial charge in [-0.2, -0.15) is 0 Å². The standard InChI is InChI=1S/C14H18N2O/c1-10-4-5-11(2)13(8-10)14(17)9-16-7-6-15-12(16)3/h4-8,14,17H,9H2,1-3H3. The van der Waals surface area contributed by atoms with Crippen LogP contribution < -0.4 is 0 Å². The summed E-state index contributed by atoms with van der Waals surface area (Å²) in [7, 11) is 0. The Morgan fingerprint density at radius 2 is 2.06 bits per heavy atom. The molecule has 0 saturated heterocycles. The van der Waals surface area contributed by atoms with E-state index < -0.39 is 6.10 Å². The average Bonchev–Trinajstić information content (AvgIpc) is 2.68. The second-order valence-corrected chi connectivity index (χ2v) is 4.50. The molecule has 3 heteroatoms. The number of benzene rings is 1. The first kappa shape index (κ1) is 11.9. The second-order valence-electron chi connectivity index (χ2n) is 4.50. The predicted octanol–water partition coefficient (Wildman–Crippen LogP) is 2.54. The van der Waals surface area contributed by atoms with E-state index in [4.69, 9.17) is 0 Å². The van der Waals surface area contributed by atoms with Crippen LogP contribution in [0.4, 0.5) is 0 Å². The van der Waals surface area contributed by atoms with E-state index in [0.29, 0.717) is 6.54 Å². The molecule has 0 radical (unpaired) electrons. The smallest absolute Gasteiger partial charge is 0.105 e. The van der Waals surface area contributed by atoms with Gasteiger partial charge in [0.2, 0.25) is 0 Å². The zero-order valence-electron chi connectivity index (χ0n) is 10.5. The van der Waals surface area contributed by atoms with E-state index in [1.165, 1.54) is 5.56 Å². The lowest BCUT2D eigenvalue weighted by molar-refractivity contribution is 0.155. The maximum Gasteiger partial charge on any atom is 0.105 e. The molecule has 90 valence electrons. The van der Waals surface area contributed by atoms with Crippen LogP contribution >= 0.6 is 0 Å². The molecule has 1 atom stereocenters. The summed E-state index contributed by atoms with van der Waals surface area (Å²) in [4.78, 5) is 4.16. The van der Waals surface area contributed by atoms with Gasteiger partial charge in [-0.3, -0.25) is 0 Å². The van der Waals surface area contributed by atoms with Gasteiger partial charge in [-0.05, 0) is 31.9 Å². The van der Waals surface area contributed by atoms with Crippen molar-refractivity contribution in [3.63, 3.8) is 0 Å². The Kier molecular flexibility index (Phi) is 3.29. The van der Waals surface area contributed by atoms with Crippen molar-refractivity contribution < 1.29 is 5.11 Å². The Hall–Kier alpha value is -1.61. The summed E-state index contributed by atoms with van der Waals surface area (Å²) >= 11 is 0. The normalized spacial score (nSPS) is 12.7. The van der Waals surface area contributed by atoms with E-state index in [2.05, 4.69) is 17.1 Å². The highest BCUT2D eigenvalue weighted by molar-refractivity contribution is 5.32. The van der Waals surface area contributed by atoms with E-state index >= 15 is 0 Å². The van der Waals surface area contributed by atoms with Gasteiger partial charge in [0.05, 0.1) is 12.6 Å². The first-order chi connectivity index (χ1) is 8.08. The molecule has 1 heterocycles. The van der Waals surface area contributed by atoms with Crippen LogP contribution in [0, 0.1) is 20.8 Å². The second kappa shape index (κ2) is 4.72. The fourth-order valence-corrected chi connectivity index (χ4v) is 2.00. The van der Waals surface area contributed by atoms with Crippen LogP contribution in [0.1, 0.15) is 28.6 Å². The minimum Gasteiger partial charge on any atom is -0.387 e. The van der Waals surface area contributed by atoms with Crippen molar-refractivity contribution in [2.75, 3.05) is 0 Å². The molecule has 0 saturated carbocycles. The molecule has 0 bridgehead atoms. The topological polar surface area (TPSA) is 38.0 Å². The average molecular weight is 230 g/mol. The van der Waals surface area contributed by atoms with Crippen LogP contribution in [-0.4, -0.2) is 14.7 Å². The SMILES string of the molecule is Cc1ccc(C)c(C(O)Cn2ccnc2C)c1. The molecule has 2 rings (SSSR count). The Bertz CT molecular complexity index is 517. The Balaban J connectivity index is 2.23. The third kappa shape index (κ3) is 2.56. The summed E-state index contributed by atoms with van der Waals surface area (Å²) < 4.78 is 1.96. The van der Waals surface area contributed by atoms with E-state index in [-0.39, 0.29) is 0 Å². The molecule has 0 amide bonds. The molecule has 0 aliphatic rings. The fourth-order valence-electron chi connectivity index (χ4n) is 2.00. The third-order valence-electron chi connectivity index (χ3n) is 3.09. The van der Waals surface area contributed by atoms with Gasteiger partial charge in [0.25, 0.3) is 0 Å². The van der Waals surface area contributed by atoms with E-state index in [1.54, 1.807) is 6.20 Å². The van der Waals surface area contributed by atoms with Crippen molar-refractivity contribution in [2.45, 2.75) is 33.4 Å². The first-order valence-electron chi connectivity index (χ1n) is 5.81. The van der Waals surface area contributed by atoms with Crippen LogP contribution in [0.2, 0.25) is 0 Å². The summed E-state index contributed by atoms with van der Waals surface area (Å²) in [5.41, 5.74) is 3.30. The molecule has 0 spiro atoms. The van der Waals surface area contributed by atoms with Crippen molar-refractivity contribution in [1.29, 1.82) is 0 Å². The molecule has 1 aromatic heterocycles. The van der Waals surface area contributed by atoms with Gasteiger partial charge in [0.1, 0.15) is 5.82 Å². The van der Waals surface area contributed by atoms with Crippen LogP contribution in [0.15, 0.2) is 30.6 Å². The number of hydrogen-bond donors (Lipinski definition) is 1. The third-order valence-corrected chi connectivity index (χ3v) is 3.09. The van der Waals surface area contributed by atoms with Crippen molar-refractivity contribution >= 4 is 0 Å². The van der Waals surface area contributed by atoms with E-state index in [9.17, 15) is 5.11 Å². The van der Waals surface area contributed by atoms with Gasteiger partial charge in [0, 0.05) is 12.4 Å². The molecular weight excluding hydrogens is 212 g/mol. The number of aryl methyl sites for hydroxylation is 3. The maximum atomic E-state index is 10.3. The van der Waals surface area contributed by atoms with Crippen molar-refractivity contribution in [3.05, 3.63) is 53.1 Å². The summed E-state index contributed by atoms with van der Waals surface area (Å²) in [6, 6.07) is 6.16. The molecule has 1 aromatic carbocycles. The molecule has 2 aromatic rings. The Morgan fingerprint density at radius 3 is 2.71 bits per heavy atom. The van der Waals surface area contributed by atoms with Crippen molar-refractivity contribution in [3.8, 4) is 0 Å². The lowest BCUT2D eigenvalue weighted by atomic mass is 10.0. The fraction of sp³-hybridized carbons (Fsp3) is 0.357. The van der Waals surface area contributed by atoms with Gasteiger partial charge in [-0.15, -0.1) is 0 Å². The summed E-state index contributed by atoms with van der Waals surface area (Å²) in [5, 5.41) is 10.3. The van der Waals surface area contributed by atoms with Crippen molar-refractivity contribution in [1.82, 2.24) is 9.55 Å². The highest BCUT2D eigenvalue weighted by Gasteiger charge is 2.12. The monoisotopic (exact) mass is 230 g/mol. The minimum absolute atomic E-state index is 0.484. The van der Waals surface area contributed by atoms with Crippen LogP contribution in [-0.2, 0) is 6.54 Å². The zero-order chi connectivity index (χ0) is 12.4. The number of aliphatic hydroxyl groups is 1. The molecule has 0 aliphatic carbocycles. The number of rotatable bonds is 3. The van der Waals surface area contributed by atoms with Gasteiger partial charge in [0.15, 0.2) is 0 Å². The van der Waals surface area contributed by atoms with Crippen LogP contribution in [0.3, 0.4) is 0 Å². The molecule has 0 fully saturated rings. The predicted molar refractivity (Wildman–Crippen MR) is 67.8 cm³/mol.